The molecule has 4 nitrogen and oxygen atoms in total. The average molecular weight is 254 g/mol. The Hall–Kier alpha value is -0.770. The van der Waals surface area contributed by atoms with Gasteiger partial charge in [-0.05, 0) is 31.1 Å². The maximum atomic E-state index is 12.2. The predicted octanol–water partition coefficient (Wildman–Crippen LogP) is 1.98. The van der Waals surface area contributed by atoms with E-state index in [9.17, 15) is 9.90 Å². The molecule has 1 aliphatic heterocycles. The number of nitrogens with one attached hydrogen (secondary N) is 1. The van der Waals surface area contributed by atoms with Gasteiger partial charge in [0.1, 0.15) is 0 Å². The first kappa shape index (κ1) is 13.7. The topological polar surface area (TPSA) is 52.6 Å². The number of aliphatic hydroxyl groups is 1. The summed E-state index contributed by atoms with van der Waals surface area (Å²) in [6, 6.07) is 0.390. The minimum Gasteiger partial charge on any atom is -0.393 e. The van der Waals surface area contributed by atoms with Crippen LogP contribution in [0.4, 0.5) is 4.79 Å². The van der Waals surface area contributed by atoms with Gasteiger partial charge >= 0.3 is 6.03 Å². The van der Waals surface area contributed by atoms with Gasteiger partial charge in [-0.1, -0.05) is 26.7 Å². The fourth-order valence-corrected chi connectivity index (χ4v) is 3.10. The minimum atomic E-state index is -0.220. The molecule has 0 radical (unpaired) electrons. The van der Waals surface area contributed by atoms with E-state index in [1.54, 1.807) is 0 Å². The third kappa shape index (κ3) is 3.16. The number of aliphatic hydroxyl groups excluding tert-OH is 1. The van der Waals surface area contributed by atoms with Gasteiger partial charge < -0.3 is 15.3 Å². The lowest BCUT2D eigenvalue weighted by Gasteiger charge is -2.37. The Balaban J connectivity index is 1.83. The number of hydrogen-bond acceptors (Lipinski definition) is 2. The fraction of sp³-hybridized carbons (Fsp3) is 0.929. The van der Waals surface area contributed by atoms with Crippen molar-refractivity contribution in [3.63, 3.8) is 0 Å². The molecule has 2 aliphatic rings. The molecule has 0 aromatic carbocycles. The van der Waals surface area contributed by atoms with E-state index in [4.69, 9.17) is 0 Å². The predicted molar refractivity (Wildman–Crippen MR) is 71.3 cm³/mol. The molecule has 2 N–H and O–H groups in total. The first-order valence-corrected chi connectivity index (χ1v) is 7.31. The second-order valence-corrected chi connectivity index (χ2v) is 6.04. The molecule has 0 bridgehead atoms. The highest BCUT2D eigenvalue weighted by Crippen LogP contribution is 2.29. The van der Waals surface area contributed by atoms with Crippen molar-refractivity contribution < 1.29 is 9.90 Å². The molecule has 2 amide bonds. The number of nitrogens with zero attached hydrogens (tertiary/aromatic N) is 1. The van der Waals surface area contributed by atoms with Gasteiger partial charge in [0.15, 0.2) is 0 Å². The zero-order valence-corrected chi connectivity index (χ0v) is 11.6. The standard InChI is InChI=1S/C14H26N2O2/c1-10-4-3-5-13(11(10)2)15-14(18)16-8-6-12(17)7-9-16/h10-13,17H,3-9H2,1-2H3,(H,15,18). The van der Waals surface area contributed by atoms with Crippen LogP contribution < -0.4 is 5.32 Å². The summed E-state index contributed by atoms with van der Waals surface area (Å²) in [5.41, 5.74) is 0. The van der Waals surface area contributed by atoms with Crippen molar-refractivity contribution in [1.29, 1.82) is 0 Å². The summed E-state index contributed by atoms with van der Waals surface area (Å²) in [5.74, 6) is 1.27. The minimum absolute atomic E-state index is 0.0628. The quantitative estimate of drug-likeness (QED) is 0.752. The summed E-state index contributed by atoms with van der Waals surface area (Å²) < 4.78 is 0. The highest BCUT2D eigenvalue weighted by atomic mass is 16.3. The van der Waals surface area contributed by atoms with Crippen molar-refractivity contribution in [1.82, 2.24) is 10.2 Å². The number of amides is 2. The van der Waals surface area contributed by atoms with Crippen molar-refractivity contribution >= 4 is 6.03 Å². The molecule has 0 aromatic rings. The van der Waals surface area contributed by atoms with Crippen molar-refractivity contribution in [3.05, 3.63) is 0 Å². The highest BCUT2D eigenvalue weighted by molar-refractivity contribution is 5.74. The van der Waals surface area contributed by atoms with Gasteiger partial charge in [0, 0.05) is 19.1 Å². The van der Waals surface area contributed by atoms with Crippen LogP contribution >= 0.6 is 0 Å². The van der Waals surface area contributed by atoms with Crippen LogP contribution in [0, 0.1) is 11.8 Å². The summed E-state index contributed by atoms with van der Waals surface area (Å²) in [5, 5.41) is 12.6. The first-order valence-electron chi connectivity index (χ1n) is 7.31. The molecule has 1 heterocycles. The van der Waals surface area contributed by atoms with Crippen LogP contribution in [0.2, 0.25) is 0 Å². The van der Waals surface area contributed by atoms with Crippen LogP contribution in [0.1, 0.15) is 46.0 Å². The molecule has 2 fully saturated rings. The second kappa shape index (κ2) is 5.91. The Morgan fingerprint density at radius 3 is 2.50 bits per heavy atom. The third-order valence-electron chi connectivity index (χ3n) is 4.77. The normalized spacial score (nSPS) is 34.4. The highest BCUT2D eigenvalue weighted by Gasteiger charge is 2.30. The van der Waals surface area contributed by atoms with Crippen LogP contribution in [-0.2, 0) is 0 Å². The van der Waals surface area contributed by atoms with E-state index in [1.807, 2.05) is 4.90 Å². The fourth-order valence-electron chi connectivity index (χ4n) is 3.10. The summed E-state index contributed by atoms with van der Waals surface area (Å²) in [6.07, 6.45) is 4.81. The number of urea groups is 1. The lowest BCUT2D eigenvalue weighted by atomic mass is 9.78. The molecular formula is C14H26N2O2. The Labute approximate surface area is 110 Å². The smallest absolute Gasteiger partial charge is 0.317 e. The summed E-state index contributed by atoms with van der Waals surface area (Å²) >= 11 is 0. The first-order chi connectivity index (χ1) is 8.58. The number of hydrogen-bond donors (Lipinski definition) is 2. The number of rotatable bonds is 1. The second-order valence-electron chi connectivity index (χ2n) is 6.04. The number of carbonyl (C=O) groups excluding carboxylic acids is 1. The monoisotopic (exact) mass is 254 g/mol. The van der Waals surface area contributed by atoms with Gasteiger partial charge in [-0.15, -0.1) is 0 Å². The Morgan fingerprint density at radius 2 is 1.83 bits per heavy atom. The van der Waals surface area contributed by atoms with Crippen LogP contribution in [0.15, 0.2) is 0 Å². The zero-order chi connectivity index (χ0) is 13.1. The van der Waals surface area contributed by atoms with Gasteiger partial charge in [-0.25, -0.2) is 4.79 Å². The van der Waals surface area contributed by atoms with Crippen molar-refractivity contribution in [2.75, 3.05) is 13.1 Å². The molecule has 3 atom stereocenters. The van der Waals surface area contributed by atoms with Crippen LogP contribution in [0.5, 0.6) is 0 Å². The summed E-state index contributed by atoms with van der Waals surface area (Å²) in [6.45, 7) is 5.89. The Morgan fingerprint density at radius 1 is 1.17 bits per heavy atom. The van der Waals surface area contributed by atoms with Crippen molar-refractivity contribution in [2.24, 2.45) is 11.8 Å². The van der Waals surface area contributed by atoms with E-state index in [0.717, 1.165) is 6.42 Å². The lowest BCUT2D eigenvalue weighted by molar-refractivity contribution is 0.0902. The van der Waals surface area contributed by atoms with Crippen LogP contribution in [0.25, 0.3) is 0 Å². The summed E-state index contributed by atoms with van der Waals surface area (Å²) in [4.78, 5) is 14.0. The van der Waals surface area contributed by atoms with Gasteiger partial charge in [-0.2, -0.15) is 0 Å². The molecule has 2 rings (SSSR count). The number of carbonyl (C=O) groups is 1. The van der Waals surface area contributed by atoms with Crippen molar-refractivity contribution in [2.45, 2.75) is 58.1 Å². The number of piperidine rings is 1. The van der Waals surface area contributed by atoms with Gasteiger partial charge in [-0.3, -0.25) is 0 Å². The molecule has 0 aromatic heterocycles. The zero-order valence-electron chi connectivity index (χ0n) is 11.6. The molecule has 0 spiro atoms. The van der Waals surface area contributed by atoms with E-state index >= 15 is 0 Å². The van der Waals surface area contributed by atoms with Gasteiger partial charge in [0.2, 0.25) is 0 Å². The van der Waals surface area contributed by atoms with Crippen LogP contribution in [0.3, 0.4) is 0 Å². The molecule has 4 heteroatoms. The van der Waals surface area contributed by atoms with E-state index in [2.05, 4.69) is 19.2 Å². The average Bonchev–Trinajstić information content (AvgIpc) is 2.36. The van der Waals surface area contributed by atoms with Crippen LogP contribution in [-0.4, -0.2) is 41.3 Å². The molecule has 18 heavy (non-hydrogen) atoms. The third-order valence-corrected chi connectivity index (χ3v) is 4.77. The summed E-state index contributed by atoms with van der Waals surface area (Å²) in [7, 11) is 0. The Bertz CT molecular complexity index is 288. The van der Waals surface area contributed by atoms with E-state index in [-0.39, 0.29) is 12.1 Å². The molecule has 3 unspecified atom stereocenters. The largest absolute Gasteiger partial charge is 0.393 e. The van der Waals surface area contributed by atoms with E-state index in [1.165, 1.54) is 12.8 Å². The van der Waals surface area contributed by atoms with Gasteiger partial charge in [0.25, 0.3) is 0 Å². The number of likely N-dealkylation sites (tertiary alicyclic amines) is 1. The Kier molecular flexibility index (Phi) is 4.49. The van der Waals surface area contributed by atoms with Crippen molar-refractivity contribution in [3.8, 4) is 0 Å². The molecular weight excluding hydrogens is 228 g/mol. The molecule has 1 saturated heterocycles. The van der Waals surface area contributed by atoms with E-state index in [0.29, 0.717) is 43.8 Å². The maximum absolute atomic E-state index is 12.2. The SMILES string of the molecule is CC1CCCC(NC(=O)N2CCC(O)CC2)C1C. The van der Waals surface area contributed by atoms with Gasteiger partial charge in [0.05, 0.1) is 6.10 Å². The maximum Gasteiger partial charge on any atom is 0.317 e. The van der Waals surface area contributed by atoms with E-state index < -0.39 is 0 Å². The lowest BCUT2D eigenvalue weighted by Crippen LogP contribution is -2.51. The molecule has 104 valence electrons. The molecule has 1 saturated carbocycles. The molecule has 1 aliphatic carbocycles.